The normalized spacial score (nSPS) is 11.3. The van der Waals surface area contributed by atoms with Crippen molar-refractivity contribution in [3.05, 3.63) is 90.0 Å². The number of ether oxygens (including phenoxy) is 1. The van der Waals surface area contributed by atoms with Crippen molar-refractivity contribution in [2.24, 2.45) is 10.2 Å². The molecular weight excluding hydrogens is 390 g/mol. The van der Waals surface area contributed by atoms with Gasteiger partial charge >= 0.3 is 0 Å². The van der Waals surface area contributed by atoms with Crippen molar-refractivity contribution in [3.8, 4) is 11.6 Å². The number of rotatable bonds is 7. The molecule has 0 aliphatic carbocycles. The number of hydrogen-bond acceptors (Lipinski definition) is 4. The maximum Gasteiger partial charge on any atom is 0.295 e. The summed E-state index contributed by atoms with van der Waals surface area (Å²) in [6.45, 7) is 3.06. The van der Waals surface area contributed by atoms with Crippen molar-refractivity contribution < 1.29 is 14.6 Å². The van der Waals surface area contributed by atoms with Gasteiger partial charge in [0.15, 0.2) is 5.69 Å². The van der Waals surface area contributed by atoms with Crippen LogP contribution in [0.3, 0.4) is 0 Å². The van der Waals surface area contributed by atoms with Crippen LogP contribution in [-0.2, 0) is 6.54 Å². The lowest BCUT2D eigenvalue weighted by atomic mass is 10.2. The van der Waals surface area contributed by atoms with Crippen LogP contribution < -0.4 is 4.74 Å². The summed E-state index contributed by atoms with van der Waals surface area (Å²) in [5.41, 5.74) is 2.65. The summed E-state index contributed by atoms with van der Waals surface area (Å²) < 4.78 is 7.64. The van der Waals surface area contributed by atoms with Gasteiger partial charge in [-0.3, -0.25) is 4.79 Å². The summed E-state index contributed by atoms with van der Waals surface area (Å²) in [6, 6.07) is 24.1. The summed E-state index contributed by atoms with van der Waals surface area (Å²) >= 11 is 0. The summed E-state index contributed by atoms with van der Waals surface area (Å²) in [7, 11) is 0. The molecular formula is C25H23N3O3. The molecule has 6 nitrogen and oxygen atoms in total. The second-order valence-corrected chi connectivity index (χ2v) is 7.18. The smallest absolute Gasteiger partial charge is 0.295 e. The van der Waals surface area contributed by atoms with Crippen LogP contribution in [0.2, 0.25) is 0 Å². The van der Waals surface area contributed by atoms with Gasteiger partial charge < -0.3 is 14.4 Å². The molecule has 0 aliphatic rings. The fraction of sp³-hybridized carbons (Fsp3) is 0.160. The number of aromatic hydroxyl groups is 1. The van der Waals surface area contributed by atoms with Crippen molar-refractivity contribution in [1.29, 1.82) is 0 Å². The molecule has 1 heterocycles. The first-order valence-corrected chi connectivity index (χ1v) is 10.1. The molecule has 1 aromatic heterocycles. The van der Waals surface area contributed by atoms with Gasteiger partial charge in [0, 0.05) is 17.5 Å². The number of para-hydroxylation sites is 2. The highest BCUT2D eigenvalue weighted by molar-refractivity contribution is 5.97. The van der Waals surface area contributed by atoms with E-state index in [9.17, 15) is 9.90 Å². The lowest BCUT2D eigenvalue weighted by Crippen LogP contribution is -2.04. The molecule has 0 radical (unpaired) electrons. The largest absolute Gasteiger partial charge is 0.493 e. The Labute approximate surface area is 180 Å². The Morgan fingerprint density at radius 3 is 2.48 bits per heavy atom. The number of hydrogen-bond donors (Lipinski definition) is 1. The number of aryl methyl sites for hydroxylation is 2. The maximum atomic E-state index is 12.3. The molecule has 6 heteroatoms. The average Bonchev–Trinajstić information content (AvgIpc) is 3.07. The number of benzene rings is 3. The van der Waals surface area contributed by atoms with Gasteiger partial charge in [0.1, 0.15) is 5.75 Å². The summed E-state index contributed by atoms with van der Waals surface area (Å²) in [5, 5.41) is 19.5. The van der Waals surface area contributed by atoms with Crippen molar-refractivity contribution in [1.82, 2.24) is 4.57 Å². The molecule has 0 saturated carbocycles. The first-order chi connectivity index (χ1) is 15.1. The Morgan fingerprint density at radius 2 is 1.68 bits per heavy atom. The second kappa shape index (κ2) is 9.26. The molecule has 4 rings (SSSR count). The standard InChI is InChI=1S/C25H23N3O3/c1-18-10-5-8-15-22(18)31-17-9-16-28-21-14-7-6-13-20(21)23(25(28)30)26-27-24(29)19-11-3-2-4-12-19/h2-8,10-15,30H,9,16-17H2,1H3. The fourth-order valence-electron chi connectivity index (χ4n) is 3.45. The third kappa shape index (κ3) is 4.48. The van der Waals surface area contributed by atoms with E-state index in [1.807, 2.05) is 61.5 Å². The quantitative estimate of drug-likeness (QED) is 0.296. The van der Waals surface area contributed by atoms with Crippen LogP contribution in [0.25, 0.3) is 10.9 Å². The predicted molar refractivity (Wildman–Crippen MR) is 120 cm³/mol. The molecule has 0 bridgehead atoms. The van der Waals surface area contributed by atoms with Crippen LogP contribution in [0.5, 0.6) is 11.6 Å². The van der Waals surface area contributed by atoms with E-state index in [2.05, 4.69) is 10.2 Å². The second-order valence-electron chi connectivity index (χ2n) is 7.18. The zero-order chi connectivity index (χ0) is 21.6. The number of carbonyl (C=O) groups excluding carboxylic acids is 1. The molecule has 0 saturated heterocycles. The maximum absolute atomic E-state index is 12.3. The van der Waals surface area contributed by atoms with Crippen LogP contribution in [0.15, 0.2) is 89.1 Å². The van der Waals surface area contributed by atoms with Crippen LogP contribution >= 0.6 is 0 Å². The van der Waals surface area contributed by atoms with E-state index in [0.29, 0.717) is 30.8 Å². The number of aromatic nitrogens is 1. The zero-order valence-corrected chi connectivity index (χ0v) is 17.2. The van der Waals surface area contributed by atoms with Gasteiger partial charge in [0.05, 0.1) is 12.1 Å². The van der Waals surface area contributed by atoms with E-state index in [4.69, 9.17) is 4.74 Å². The Kier molecular flexibility index (Phi) is 6.08. The number of fused-ring (bicyclic) bond motifs is 1. The SMILES string of the molecule is Cc1ccccc1OCCCn1c(O)c(N=NC(=O)c2ccccc2)c2ccccc21. The Morgan fingerprint density at radius 1 is 0.968 bits per heavy atom. The van der Waals surface area contributed by atoms with Crippen molar-refractivity contribution >= 4 is 22.5 Å². The van der Waals surface area contributed by atoms with Gasteiger partial charge in [-0.25, -0.2) is 0 Å². The van der Waals surface area contributed by atoms with Crippen molar-refractivity contribution in [2.45, 2.75) is 19.9 Å². The van der Waals surface area contributed by atoms with Crippen molar-refractivity contribution in [3.63, 3.8) is 0 Å². The van der Waals surface area contributed by atoms with Crippen LogP contribution in [0.1, 0.15) is 22.3 Å². The molecule has 4 aromatic rings. The van der Waals surface area contributed by atoms with E-state index >= 15 is 0 Å². The molecule has 31 heavy (non-hydrogen) atoms. The van der Waals surface area contributed by atoms with Gasteiger partial charge in [-0.1, -0.05) is 54.6 Å². The minimum absolute atomic E-state index is 0.0123. The minimum atomic E-state index is -0.455. The first kappa shape index (κ1) is 20.3. The van der Waals surface area contributed by atoms with Gasteiger partial charge in [0.25, 0.3) is 5.91 Å². The van der Waals surface area contributed by atoms with Gasteiger partial charge in [-0.15, -0.1) is 10.2 Å². The van der Waals surface area contributed by atoms with E-state index in [1.165, 1.54) is 0 Å². The van der Waals surface area contributed by atoms with E-state index in [-0.39, 0.29) is 5.88 Å². The summed E-state index contributed by atoms with van der Waals surface area (Å²) in [4.78, 5) is 12.3. The lowest BCUT2D eigenvalue weighted by molar-refractivity contribution is 0.0995. The van der Waals surface area contributed by atoms with E-state index in [0.717, 1.165) is 22.2 Å². The van der Waals surface area contributed by atoms with Gasteiger partial charge in [0.2, 0.25) is 5.88 Å². The highest BCUT2D eigenvalue weighted by atomic mass is 16.5. The molecule has 0 aliphatic heterocycles. The summed E-state index contributed by atoms with van der Waals surface area (Å²) in [5.74, 6) is 0.392. The van der Waals surface area contributed by atoms with Gasteiger partial charge in [-0.05, 0) is 43.2 Å². The number of amides is 1. The number of nitrogens with zero attached hydrogens (tertiary/aromatic N) is 3. The molecule has 3 aromatic carbocycles. The number of carbonyl (C=O) groups is 1. The van der Waals surface area contributed by atoms with Gasteiger partial charge in [-0.2, -0.15) is 0 Å². The first-order valence-electron chi connectivity index (χ1n) is 10.1. The molecule has 0 fully saturated rings. The monoisotopic (exact) mass is 413 g/mol. The molecule has 0 unspecified atom stereocenters. The third-order valence-electron chi connectivity index (χ3n) is 5.06. The molecule has 0 atom stereocenters. The van der Waals surface area contributed by atoms with Crippen LogP contribution in [0.4, 0.5) is 5.69 Å². The fourth-order valence-corrected chi connectivity index (χ4v) is 3.45. The predicted octanol–water partition coefficient (Wildman–Crippen LogP) is 6.05. The lowest BCUT2D eigenvalue weighted by Gasteiger charge is -2.10. The highest BCUT2D eigenvalue weighted by Gasteiger charge is 2.16. The van der Waals surface area contributed by atoms with Crippen LogP contribution in [-0.4, -0.2) is 22.2 Å². The van der Waals surface area contributed by atoms with E-state index in [1.54, 1.807) is 28.8 Å². The van der Waals surface area contributed by atoms with E-state index < -0.39 is 5.91 Å². The van der Waals surface area contributed by atoms with Crippen molar-refractivity contribution in [2.75, 3.05) is 6.61 Å². The Bertz CT molecular complexity index is 1230. The van der Waals surface area contributed by atoms with Crippen LogP contribution in [0, 0.1) is 6.92 Å². The molecule has 156 valence electrons. The summed E-state index contributed by atoms with van der Waals surface area (Å²) in [6.07, 6.45) is 0.695. The Balaban J connectivity index is 1.52. The topological polar surface area (TPSA) is 76.2 Å². The highest BCUT2D eigenvalue weighted by Crippen LogP contribution is 2.39. The zero-order valence-electron chi connectivity index (χ0n) is 17.2. The molecule has 0 spiro atoms. The third-order valence-corrected chi connectivity index (χ3v) is 5.06. The molecule has 1 N–H and O–H groups in total. The Hall–Kier alpha value is -3.93. The minimum Gasteiger partial charge on any atom is -0.493 e. The molecule has 1 amide bonds. The average molecular weight is 413 g/mol. The number of azo groups is 1.